The molecule has 6 nitrogen and oxygen atoms in total. The van der Waals surface area contributed by atoms with Crippen molar-refractivity contribution in [1.82, 2.24) is 10.4 Å². The van der Waals surface area contributed by atoms with Crippen LogP contribution < -0.4 is 10.2 Å². The van der Waals surface area contributed by atoms with E-state index in [0.29, 0.717) is 32.5 Å². The van der Waals surface area contributed by atoms with Gasteiger partial charge in [-0.2, -0.15) is 0 Å². The van der Waals surface area contributed by atoms with E-state index in [1.165, 1.54) is 16.3 Å². The van der Waals surface area contributed by atoms with Crippen LogP contribution in [0, 0.1) is 0 Å². The van der Waals surface area contributed by atoms with Crippen molar-refractivity contribution in [3.63, 3.8) is 0 Å². The molecule has 2 amide bonds. The van der Waals surface area contributed by atoms with Crippen molar-refractivity contribution < 1.29 is 19.5 Å². The molecule has 174 valence electrons. The lowest BCUT2D eigenvalue weighted by Crippen LogP contribution is -2.34. The summed E-state index contributed by atoms with van der Waals surface area (Å²) in [4.78, 5) is 26.1. The lowest BCUT2D eigenvalue weighted by Gasteiger charge is -2.23. The second-order valence-electron chi connectivity index (χ2n) is 8.03. The van der Waals surface area contributed by atoms with Crippen molar-refractivity contribution in [1.29, 1.82) is 0 Å². The summed E-state index contributed by atoms with van der Waals surface area (Å²) in [6.45, 7) is 1.61. The van der Waals surface area contributed by atoms with Crippen molar-refractivity contribution in [2.75, 3.05) is 19.7 Å². The quantitative estimate of drug-likeness (QED) is 0.225. The molecule has 33 heavy (non-hydrogen) atoms. The highest BCUT2D eigenvalue weighted by atomic mass is 16.5. The van der Waals surface area contributed by atoms with Gasteiger partial charge in [0.25, 0.3) is 0 Å². The number of hydrogen-bond acceptors (Lipinski definition) is 4. The van der Waals surface area contributed by atoms with Gasteiger partial charge < -0.3 is 9.64 Å². The van der Waals surface area contributed by atoms with Crippen LogP contribution >= 0.6 is 0 Å². The van der Waals surface area contributed by atoms with Crippen molar-refractivity contribution in [2.24, 2.45) is 0 Å². The molecular formula is C27H32N2O4. The summed E-state index contributed by atoms with van der Waals surface area (Å²) < 4.78 is 5.71. The number of nitrogens with zero attached hydrogens (tertiary/aromatic N) is 1. The topological polar surface area (TPSA) is 78.9 Å². The minimum absolute atomic E-state index is 0.0688. The number of nitrogens with one attached hydrogen (secondary N) is 1. The molecule has 3 rings (SSSR count). The van der Waals surface area contributed by atoms with Gasteiger partial charge in [0.2, 0.25) is 11.8 Å². The van der Waals surface area contributed by atoms with Crippen molar-refractivity contribution in [3.8, 4) is 5.75 Å². The Morgan fingerprint density at radius 2 is 1.58 bits per heavy atom. The Morgan fingerprint density at radius 3 is 2.39 bits per heavy atom. The number of hydroxylamine groups is 1. The highest BCUT2D eigenvalue weighted by molar-refractivity contribution is 5.85. The summed E-state index contributed by atoms with van der Waals surface area (Å²) >= 11 is 0. The predicted molar refractivity (Wildman–Crippen MR) is 129 cm³/mol. The number of carbonyl (C=O) groups excluding carboxylic acids is 2. The Balaban J connectivity index is 1.56. The zero-order chi connectivity index (χ0) is 23.3. The van der Waals surface area contributed by atoms with E-state index in [4.69, 9.17) is 9.94 Å². The minimum Gasteiger partial charge on any atom is -0.493 e. The molecule has 0 aliphatic carbocycles. The molecule has 0 fully saturated rings. The third-order valence-electron chi connectivity index (χ3n) is 5.67. The van der Waals surface area contributed by atoms with Crippen molar-refractivity contribution in [3.05, 3.63) is 78.4 Å². The molecule has 3 aromatic rings. The molecule has 3 aromatic carbocycles. The first-order valence-corrected chi connectivity index (χ1v) is 11.5. The summed E-state index contributed by atoms with van der Waals surface area (Å²) in [5.41, 5.74) is 2.88. The summed E-state index contributed by atoms with van der Waals surface area (Å²) in [7, 11) is 0. The fourth-order valence-corrected chi connectivity index (χ4v) is 3.88. The van der Waals surface area contributed by atoms with Crippen LogP contribution in [0.3, 0.4) is 0 Å². The van der Waals surface area contributed by atoms with Gasteiger partial charge in [-0.25, -0.2) is 5.48 Å². The average Bonchev–Trinajstić information content (AvgIpc) is 2.86. The number of unbranched alkanes of at least 4 members (excludes halogenated alkanes) is 2. The lowest BCUT2D eigenvalue weighted by atomic mass is 10.0. The van der Waals surface area contributed by atoms with E-state index in [2.05, 4.69) is 30.3 Å². The third kappa shape index (κ3) is 7.91. The maximum absolute atomic E-state index is 13.0. The summed E-state index contributed by atoms with van der Waals surface area (Å²) in [5.74, 6) is 0.450. The second kappa shape index (κ2) is 13.2. The van der Waals surface area contributed by atoms with Gasteiger partial charge in [-0.1, -0.05) is 67.1 Å². The standard InChI is InChI=1S/C27H32N2O4/c30-26(28-32)16-5-2-8-19-29(27(31)18-21-33-24-13-3-1-4-14-24)20-17-23-12-9-11-22-10-6-7-15-25(22)23/h1,3-4,6-7,9-15,32H,2,5,8,16-21H2,(H,28,30). The predicted octanol–water partition coefficient (Wildman–Crippen LogP) is 4.75. The van der Waals surface area contributed by atoms with Gasteiger partial charge in [-0.15, -0.1) is 0 Å². The van der Waals surface area contributed by atoms with E-state index in [9.17, 15) is 9.59 Å². The Morgan fingerprint density at radius 1 is 0.818 bits per heavy atom. The smallest absolute Gasteiger partial charge is 0.243 e. The van der Waals surface area contributed by atoms with Gasteiger partial charge in [-0.05, 0) is 47.7 Å². The first-order valence-electron chi connectivity index (χ1n) is 11.5. The largest absolute Gasteiger partial charge is 0.493 e. The van der Waals surface area contributed by atoms with E-state index in [1.807, 2.05) is 47.4 Å². The summed E-state index contributed by atoms with van der Waals surface area (Å²) in [6.07, 6.45) is 3.67. The Hall–Kier alpha value is -3.38. The van der Waals surface area contributed by atoms with E-state index in [0.717, 1.165) is 25.0 Å². The number of hydrogen-bond donors (Lipinski definition) is 2. The van der Waals surface area contributed by atoms with E-state index >= 15 is 0 Å². The Bertz CT molecular complexity index is 1020. The molecular weight excluding hydrogens is 416 g/mol. The van der Waals surface area contributed by atoms with E-state index in [-0.39, 0.29) is 18.2 Å². The fourth-order valence-electron chi connectivity index (χ4n) is 3.88. The zero-order valence-electron chi connectivity index (χ0n) is 18.9. The number of para-hydroxylation sites is 1. The van der Waals surface area contributed by atoms with Crippen LogP contribution in [0.4, 0.5) is 0 Å². The summed E-state index contributed by atoms with van der Waals surface area (Å²) in [5, 5.41) is 11.0. The molecule has 0 aliphatic heterocycles. The molecule has 0 spiro atoms. The number of carbonyl (C=O) groups is 2. The summed E-state index contributed by atoms with van der Waals surface area (Å²) in [6, 6.07) is 24.1. The van der Waals surface area contributed by atoms with Gasteiger partial charge in [0, 0.05) is 19.5 Å². The number of amides is 2. The third-order valence-corrected chi connectivity index (χ3v) is 5.67. The first-order chi connectivity index (χ1) is 16.2. The molecule has 0 saturated heterocycles. The highest BCUT2D eigenvalue weighted by Gasteiger charge is 2.14. The van der Waals surface area contributed by atoms with Crippen LogP contribution in [-0.2, 0) is 16.0 Å². The van der Waals surface area contributed by atoms with E-state index < -0.39 is 0 Å². The minimum atomic E-state index is -0.378. The van der Waals surface area contributed by atoms with Crippen LogP contribution in [-0.4, -0.2) is 41.6 Å². The first kappa shape index (κ1) is 24.3. The fraction of sp³-hybridized carbons (Fsp3) is 0.333. The van der Waals surface area contributed by atoms with Gasteiger partial charge in [0.15, 0.2) is 0 Å². The maximum Gasteiger partial charge on any atom is 0.243 e. The lowest BCUT2D eigenvalue weighted by molar-refractivity contribution is -0.132. The normalized spacial score (nSPS) is 10.7. The average molecular weight is 449 g/mol. The highest BCUT2D eigenvalue weighted by Crippen LogP contribution is 2.19. The van der Waals surface area contributed by atoms with Crippen LogP contribution in [0.2, 0.25) is 0 Å². The van der Waals surface area contributed by atoms with Gasteiger partial charge in [-0.3, -0.25) is 14.8 Å². The van der Waals surface area contributed by atoms with Crippen LogP contribution in [0.15, 0.2) is 72.8 Å². The van der Waals surface area contributed by atoms with Crippen LogP contribution in [0.5, 0.6) is 5.75 Å². The van der Waals surface area contributed by atoms with Crippen molar-refractivity contribution >= 4 is 22.6 Å². The van der Waals surface area contributed by atoms with Gasteiger partial charge in [0.1, 0.15) is 5.75 Å². The SMILES string of the molecule is O=C(CCCCCN(CCc1cccc2ccccc12)C(=O)CCOc1ccccc1)NO. The molecule has 0 radical (unpaired) electrons. The molecule has 0 heterocycles. The molecule has 0 atom stereocenters. The number of ether oxygens (including phenoxy) is 1. The van der Waals surface area contributed by atoms with Gasteiger partial charge in [0.05, 0.1) is 13.0 Å². The number of benzene rings is 3. The number of rotatable bonds is 13. The van der Waals surface area contributed by atoms with Crippen molar-refractivity contribution in [2.45, 2.75) is 38.5 Å². The Labute approximate surface area is 195 Å². The molecule has 0 saturated carbocycles. The molecule has 2 N–H and O–H groups in total. The maximum atomic E-state index is 13.0. The zero-order valence-corrected chi connectivity index (χ0v) is 18.9. The van der Waals surface area contributed by atoms with Crippen LogP contribution in [0.1, 0.15) is 37.7 Å². The monoisotopic (exact) mass is 448 g/mol. The number of fused-ring (bicyclic) bond motifs is 1. The van der Waals surface area contributed by atoms with E-state index in [1.54, 1.807) is 5.48 Å². The molecule has 6 heteroatoms. The molecule has 0 unspecified atom stereocenters. The molecule has 0 aromatic heterocycles. The molecule has 0 bridgehead atoms. The van der Waals surface area contributed by atoms with Crippen LogP contribution in [0.25, 0.3) is 10.8 Å². The molecule has 0 aliphatic rings. The Kier molecular flexibility index (Phi) is 9.73. The second-order valence-corrected chi connectivity index (χ2v) is 8.03. The van der Waals surface area contributed by atoms with Gasteiger partial charge >= 0.3 is 0 Å².